The van der Waals surface area contributed by atoms with Crippen molar-refractivity contribution in [3.63, 3.8) is 0 Å². The van der Waals surface area contributed by atoms with Gasteiger partial charge in [-0.25, -0.2) is 0 Å². The summed E-state index contributed by atoms with van der Waals surface area (Å²) < 4.78 is -0.104. The molecule has 0 saturated carbocycles. The summed E-state index contributed by atoms with van der Waals surface area (Å²) in [7, 11) is 0. The van der Waals surface area contributed by atoms with Gasteiger partial charge in [0, 0.05) is 9.34 Å². The third-order valence-electron chi connectivity index (χ3n) is 2.33. The van der Waals surface area contributed by atoms with Crippen LogP contribution in [0.1, 0.15) is 12.8 Å². The molecule has 1 rings (SSSR count). The van der Waals surface area contributed by atoms with Crippen LogP contribution in [0.15, 0.2) is 24.3 Å². The molecule has 1 aliphatic carbocycles. The first-order valence-corrected chi connectivity index (χ1v) is 5.64. The Kier molecular flexibility index (Phi) is 3.90. The molecule has 0 aliphatic heterocycles. The zero-order chi connectivity index (χ0) is 11.5. The number of alkyl halides is 1. The summed E-state index contributed by atoms with van der Waals surface area (Å²) in [6.07, 6.45) is 6.71. The highest BCUT2D eigenvalue weighted by Gasteiger charge is 2.39. The highest BCUT2D eigenvalue weighted by Crippen LogP contribution is 2.40. The summed E-state index contributed by atoms with van der Waals surface area (Å²) in [6, 6.07) is 0. The van der Waals surface area contributed by atoms with Crippen LogP contribution >= 0.6 is 22.6 Å². The van der Waals surface area contributed by atoms with Gasteiger partial charge < -0.3 is 10.2 Å². The first-order chi connectivity index (χ1) is 6.96. The molecular formula is C10H11IO4. The van der Waals surface area contributed by atoms with Gasteiger partial charge in [-0.05, 0) is 0 Å². The molecule has 5 heteroatoms. The predicted octanol–water partition coefficient (Wildman–Crippen LogP) is 1.85. The van der Waals surface area contributed by atoms with Crippen molar-refractivity contribution in [1.29, 1.82) is 0 Å². The van der Waals surface area contributed by atoms with Gasteiger partial charge in [0.2, 0.25) is 0 Å². The Labute approximate surface area is 101 Å². The second kappa shape index (κ2) is 4.78. The number of carboxylic acid groups (broad SMARTS) is 2. The van der Waals surface area contributed by atoms with Crippen LogP contribution in [0.3, 0.4) is 0 Å². The molecule has 0 spiro atoms. The molecule has 0 aromatic heterocycles. The van der Waals surface area contributed by atoms with E-state index in [9.17, 15) is 9.59 Å². The van der Waals surface area contributed by atoms with Crippen LogP contribution in [0.4, 0.5) is 0 Å². The predicted molar refractivity (Wildman–Crippen MR) is 63.0 cm³/mol. The van der Waals surface area contributed by atoms with Crippen molar-refractivity contribution in [2.24, 2.45) is 5.41 Å². The van der Waals surface area contributed by atoms with E-state index in [0.717, 1.165) is 0 Å². The van der Waals surface area contributed by atoms with Gasteiger partial charge in [-0.2, -0.15) is 0 Å². The van der Waals surface area contributed by atoms with Crippen molar-refractivity contribution in [1.82, 2.24) is 0 Å². The largest absolute Gasteiger partial charge is 0.481 e. The van der Waals surface area contributed by atoms with Crippen molar-refractivity contribution in [2.45, 2.75) is 16.8 Å². The fourth-order valence-corrected chi connectivity index (χ4v) is 2.52. The summed E-state index contributed by atoms with van der Waals surface area (Å²) in [5, 5.41) is 17.6. The maximum Gasteiger partial charge on any atom is 0.304 e. The Morgan fingerprint density at radius 2 is 1.73 bits per heavy atom. The topological polar surface area (TPSA) is 74.6 Å². The maximum absolute atomic E-state index is 10.7. The third kappa shape index (κ3) is 3.05. The highest BCUT2D eigenvalue weighted by atomic mass is 127. The fourth-order valence-electron chi connectivity index (χ4n) is 1.63. The van der Waals surface area contributed by atoms with E-state index >= 15 is 0 Å². The van der Waals surface area contributed by atoms with Crippen LogP contribution in [0.2, 0.25) is 0 Å². The van der Waals surface area contributed by atoms with Crippen LogP contribution in [-0.2, 0) is 9.59 Å². The lowest BCUT2D eigenvalue weighted by Gasteiger charge is -2.32. The molecule has 1 unspecified atom stereocenters. The molecule has 1 aliphatic rings. The van der Waals surface area contributed by atoms with Crippen LogP contribution < -0.4 is 0 Å². The minimum atomic E-state index is -0.974. The van der Waals surface area contributed by atoms with Gasteiger partial charge in [0.25, 0.3) is 0 Å². The minimum Gasteiger partial charge on any atom is -0.481 e. The summed E-state index contributed by atoms with van der Waals surface area (Å²) in [6.45, 7) is 0. The molecule has 1 atom stereocenters. The number of halogens is 1. The smallest absolute Gasteiger partial charge is 0.304 e. The molecular weight excluding hydrogens is 311 g/mol. The zero-order valence-corrected chi connectivity index (χ0v) is 10.0. The van der Waals surface area contributed by atoms with E-state index in [1.807, 2.05) is 6.08 Å². The first-order valence-electron chi connectivity index (χ1n) is 4.40. The second-order valence-corrected chi connectivity index (χ2v) is 4.86. The standard InChI is InChI=1S/C10H11IO4/c11-7-3-1-2-4-10(7,5-8(12)13)6-9(14)15/h1-4,7H,5-6H2,(H,12,13)(H,14,15). The normalized spacial score (nSPS) is 22.6. The van der Waals surface area contributed by atoms with E-state index in [4.69, 9.17) is 10.2 Å². The van der Waals surface area contributed by atoms with E-state index in [0.29, 0.717) is 0 Å². The third-order valence-corrected chi connectivity index (χ3v) is 3.98. The van der Waals surface area contributed by atoms with Gasteiger partial charge in [-0.15, -0.1) is 0 Å². The Morgan fingerprint density at radius 1 is 1.20 bits per heavy atom. The quantitative estimate of drug-likeness (QED) is 0.612. The number of carboxylic acids is 2. The second-order valence-electron chi connectivity index (χ2n) is 3.52. The Morgan fingerprint density at radius 3 is 2.13 bits per heavy atom. The monoisotopic (exact) mass is 322 g/mol. The Hall–Kier alpha value is -0.850. The van der Waals surface area contributed by atoms with Gasteiger partial charge in [0.15, 0.2) is 0 Å². The van der Waals surface area contributed by atoms with Gasteiger partial charge in [0.1, 0.15) is 0 Å². The van der Waals surface area contributed by atoms with E-state index in [1.54, 1.807) is 18.2 Å². The Bertz CT molecular complexity index is 316. The van der Waals surface area contributed by atoms with E-state index in [-0.39, 0.29) is 16.8 Å². The lowest BCUT2D eigenvalue weighted by molar-refractivity contribution is -0.142. The van der Waals surface area contributed by atoms with Crippen molar-refractivity contribution < 1.29 is 19.8 Å². The van der Waals surface area contributed by atoms with E-state index in [1.165, 1.54) is 0 Å². The Balaban J connectivity index is 2.94. The van der Waals surface area contributed by atoms with Crippen LogP contribution in [-0.4, -0.2) is 26.1 Å². The first kappa shape index (κ1) is 12.2. The number of hydrogen-bond donors (Lipinski definition) is 2. The van der Waals surface area contributed by atoms with Crippen molar-refractivity contribution >= 4 is 34.5 Å². The van der Waals surface area contributed by atoms with Crippen LogP contribution in [0, 0.1) is 5.41 Å². The molecule has 0 bridgehead atoms. The number of allylic oxidation sites excluding steroid dienone is 4. The fraction of sp³-hybridized carbons (Fsp3) is 0.400. The molecule has 15 heavy (non-hydrogen) atoms. The molecule has 82 valence electrons. The van der Waals surface area contributed by atoms with Gasteiger partial charge in [-0.1, -0.05) is 46.9 Å². The maximum atomic E-state index is 10.7. The van der Waals surface area contributed by atoms with Gasteiger partial charge in [-0.3, -0.25) is 9.59 Å². The molecule has 0 amide bonds. The molecule has 0 aromatic rings. The molecule has 0 saturated heterocycles. The van der Waals surface area contributed by atoms with Crippen molar-refractivity contribution in [3.8, 4) is 0 Å². The average molecular weight is 322 g/mol. The van der Waals surface area contributed by atoms with Gasteiger partial charge >= 0.3 is 11.9 Å². The van der Waals surface area contributed by atoms with Gasteiger partial charge in [0.05, 0.1) is 12.8 Å². The zero-order valence-electron chi connectivity index (χ0n) is 7.89. The summed E-state index contributed by atoms with van der Waals surface area (Å²) in [5.74, 6) is -1.95. The van der Waals surface area contributed by atoms with Crippen LogP contribution in [0.25, 0.3) is 0 Å². The van der Waals surface area contributed by atoms with Crippen LogP contribution in [0.5, 0.6) is 0 Å². The summed E-state index contributed by atoms with van der Waals surface area (Å²) >= 11 is 2.07. The lowest BCUT2D eigenvalue weighted by Crippen LogP contribution is -2.34. The van der Waals surface area contributed by atoms with Crippen molar-refractivity contribution in [2.75, 3.05) is 0 Å². The molecule has 0 aromatic carbocycles. The number of aliphatic carboxylic acids is 2. The van der Waals surface area contributed by atoms with E-state index < -0.39 is 17.4 Å². The lowest BCUT2D eigenvalue weighted by atomic mass is 9.76. The van der Waals surface area contributed by atoms with Crippen molar-refractivity contribution in [3.05, 3.63) is 24.3 Å². The molecule has 0 heterocycles. The molecule has 0 fully saturated rings. The number of hydrogen-bond acceptors (Lipinski definition) is 2. The molecule has 4 nitrogen and oxygen atoms in total. The number of carbonyl (C=O) groups is 2. The SMILES string of the molecule is O=C(O)CC1(CC(=O)O)C=CC=CC1I. The summed E-state index contributed by atoms with van der Waals surface area (Å²) in [5.41, 5.74) is -0.799. The molecule has 2 N–H and O–H groups in total. The minimum absolute atomic E-state index is 0.104. The van der Waals surface area contributed by atoms with E-state index in [2.05, 4.69) is 22.6 Å². The summed E-state index contributed by atoms with van der Waals surface area (Å²) in [4.78, 5) is 21.5. The number of rotatable bonds is 4. The molecule has 0 radical (unpaired) electrons. The highest BCUT2D eigenvalue weighted by molar-refractivity contribution is 14.1. The average Bonchev–Trinajstić information content (AvgIpc) is 2.08.